The molecular weight excluding hydrogens is 514 g/mol. The van der Waals surface area contributed by atoms with Gasteiger partial charge < -0.3 is 19.5 Å². The number of ether oxygens (including phenoxy) is 2. The second kappa shape index (κ2) is 17.5. The standard InChI is InChI=1S/C35H49NO5/c1-4-5-6-7-8-9-10-11-12-13-14-15-16-20-25-36-32(29-24-23-28(40-2)26-30(29)41-3)31(34(38)35(36)39)33(37)27-21-18-17-19-22-27/h17-19,21-24,26,32,37H,4-16,20,25H2,1-3H3/b33-31+/t32-/m0/s1. The third kappa shape index (κ3) is 9.11. The minimum absolute atomic E-state index is 0.0926. The summed E-state index contributed by atoms with van der Waals surface area (Å²) >= 11 is 0. The Morgan fingerprint density at radius 2 is 1.32 bits per heavy atom. The van der Waals surface area contributed by atoms with Crippen LogP contribution in [0.2, 0.25) is 0 Å². The molecule has 41 heavy (non-hydrogen) atoms. The van der Waals surface area contributed by atoms with Gasteiger partial charge in [-0.15, -0.1) is 0 Å². The molecule has 1 aliphatic heterocycles. The normalized spacial score (nSPS) is 16.4. The number of amides is 1. The molecule has 1 fully saturated rings. The number of benzene rings is 2. The van der Waals surface area contributed by atoms with Crippen LogP contribution in [0.1, 0.15) is 114 Å². The summed E-state index contributed by atoms with van der Waals surface area (Å²) in [4.78, 5) is 28.2. The Labute approximate surface area is 246 Å². The number of carbonyl (C=O) groups is 2. The van der Waals surface area contributed by atoms with Crippen molar-refractivity contribution in [2.75, 3.05) is 20.8 Å². The number of methoxy groups -OCH3 is 2. The highest BCUT2D eigenvalue weighted by atomic mass is 16.5. The monoisotopic (exact) mass is 563 g/mol. The Morgan fingerprint density at radius 1 is 0.756 bits per heavy atom. The van der Waals surface area contributed by atoms with Crippen molar-refractivity contribution in [1.29, 1.82) is 0 Å². The number of unbranched alkanes of at least 4 members (excludes halogenated alkanes) is 13. The number of aliphatic hydroxyl groups is 1. The number of aliphatic hydroxyl groups excluding tert-OH is 1. The first-order chi connectivity index (χ1) is 20.0. The second-order valence-electron chi connectivity index (χ2n) is 11.1. The summed E-state index contributed by atoms with van der Waals surface area (Å²) in [7, 11) is 3.13. The van der Waals surface area contributed by atoms with Crippen LogP contribution in [0, 0.1) is 0 Å². The van der Waals surface area contributed by atoms with E-state index in [1.165, 1.54) is 70.6 Å². The highest BCUT2D eigenvalue weighted by Gasteiger charge is 2.46. The molecule has 1 atom stereocenters. The lowest BCUT2D eigenvalue weighted by molar-refractivity contribution is -0.139. The molecule has 1 saturated heterocycles. The van der Waals surface area contributed by atoms with Crippen molar-refractivity contribution < 1.29 is 24.2 Å². The van der Waals surface area contributed by atoms with E-state index in [2.05, 4.69) is 6.92 Å². The van der Waals surface area contributed by atoms with Crippen molar-refractivity contribution in [2.45, 2.75) is 103 Å². The number of ketones is 1. The third-order valence-corrected chi connectivity index (χ3v) is 8.07. The first-order valence-electron chi connectivity index (χ1n) is 15.6. The van der Waals surface area contributed by atoms with Crippen molar-refractivity contribution in [3.05, 3.63) is 65.2 Å². The second-order valence-corrected chi connectivity index (χ2v) is 11.1. The average molecular weight is 564 g/mol. The van der Waals surface area contributed by atoms with E-state index >= 15 is 0 Å². The summed E-state index contributed by atoms with van der Waals surface area (Å²) in [5, 5.41) is 11.2. The van der Waals surface area contributed by atoms with Crippen molar-refractivity contribution >= 4 is 17.4 Å². The SMILES string of the molecule is CCCCCCCCCCCCCCCCN1C(=O)C(=O)/C(=C(/O)c2ccccc2)[C@@H]1c1ccc(OC)cc1OC. The molecule has 2 aromatic rings. The molecule has 224 valence electrons. The Kier molecular flexibility index (Phi) is 13.8. The van der Waals surface area contributed by atoms with E-state index < -0.39 is 17.7 Å². The summed E-state index contributed by atoms with van der Waals surface area (Å²) < 4.78 is 11.0. The zero-order valence-corrected chi connectivity index (χ0v) is 25.3. The fraction of sp³-hybridized carbons (Fsp3) is 0.543. The molecule has 6 heteroatoms. The molecule has 0 spiro atoms. The maximum Gasteiger partial charge on any atom is 0.295 e. The molecule has 0 unspecified atom stereocenters. The van der Waals surface area contributed by atoms with Gasteiger partial charge in [-0.05, 0) is 18.6 Å². The molecule has 0 radical (unpaired) electrons. The molecule has 3 rings (SSSR count). The Morgan fingerprint density at radius 3 is 1.85 bits per heavy atom. The minimum atomic E-state index is -0.738. The molecule has 1 amide bonds. The summed E-state index contributed by atoms with van der Waals surface area (Å²) in [5.41, 5.74) is 1.24. The topological polar surface area (TPSA) is 76.1 Å². The Balaban J connectivity index is 1.60. The van der Waals surface area contributed by atoms with Gasteiger partial charge in [0.1, 0.15) is 17.3 Å². The number of carbonyl (C=O) groups excluding carboxylic acids is 2. The summed E-state index contributed by atoms with van der Waals surface area (Å²) in [6.45, 7) is 2.70. The molecule has 0 aliphatic carbocycles. The number of nitrogens with zero attached hydrogens (tertiary/aromatic N) is 1. The zero-order chi connectivity index (χ0) is 29.5. The van der Waals surface area contributed by atoms with Crippen LogP contribution in [0.3, 0.4) is 0 Å². The molecule has 0 aromatic heterocycles. The molecule has 1 aliphatic rings. The van der Waals surface area contributed by atoms with Crippen LogP contribution in [0.25, 0.3) is 5.76 Å². The molecular formula is C35H49NO5. The predicted octanol–water partition coefficient (Wildman–Crippen LogP) is 8.61. The van der Waals surface area contributed by atoms with Crippen LogP contribution in [0.5, 0.6) is 11.5 Å². The minimum Gasteiger partial charge on any atom is -0.507 e. The third-order valence-electron chi connectivity index (χ3n) is 8.07. The zero-order valence-electron chi connectivity index (χ0n) is 25.3. The van der Waals surface area contributed by atoms with Gasteiger partial charge in [-0.3, -0.25) is 9.59 Å². The molecule has 6 nitrogen and oxygen atoms in total. The van der Waals surface area contributed by atoms with Crippen LogP contribution in [0.15, 0.2) is 54.1 Å². The number of rotatable bonds is 19. The Bertz CT molecular complexity index is 1130. The van der Waals surface area contributed by atoms with Gasteiger partial charge in [0.25, 0.3) is 11.7 Å². The molecule has 1 heterocycles. The van der Waals surface area contributed by atoms with Gasteiger partial charge in [-0.2, -0.15) is 0 Å². The summed E-state index contributed by atoms with van der Waals surface area (Å²) in [6.07, 6.45) is 17.5. The first-order valence-corrected chi connectivity index (χ1v) is 15.6. The van der Waals surface area contributed by atoms with Crippen LogP contribution < -0.4 is 9.47 Å². The fourth-order valence-electron chi connectivity index (χ4n) is 5.71. The van der Waals surface area contributed by atoms with Crippen LogP contribution >= 0.6 is 0 Å². The summed E-state index contributed by atoms with van der Waals surface area (Å²) in [6, 6.07) is 13.5. The number of hydrogen-bond donors (Lipinski definition) is 1. The molecule has 1 N–H and O–H groups in total. The van der Waals surface area contributed by atoms with Crippen molar-refractivity contribution in [3.8, 4) is 11.5 Å². The van der Waals surface area contributed by atoms with Crippen molar-refractivity contribution in [2.24, 2.45) is 0 Å². The van der Waals surface area contributed by atoms with Crippen molar-refractivity contribution in [1.82, 2.24) is 4.90 Å². The molecule has 0 saturated carbocycles. The van der Waals surface area contributed by atoms with E-state index in [-0.39, 0.29) is 11.3 Å². The van der Waals surface area contributed by atoms with Crippen LogP contribution in [-0.2, 0) is 9.59 Å². The average Bonchev–Trinajstić information content (AvgIpc) is 3.25. The lowest BCUT2D eigenvalue weighted by Crippen LogP contribution is -2.31. The predicted molar refractivity (Wildman–Crippen MR) is 165 cm³/mol. The fourth-order valence-corrected chi connectivity index (χ4v) is 5.71. The maximum absolute atomic E-state index is 13.3. The van der Waals surface area contributed by atoms with Gasteiger partial charge in [0, 0.05) is 23.7 Å². The van der Waals surface area contributed by atoms with Gasteiger partial charge in [0.15, 0.2) is 0 Å². The van der Waals surface area contributed by atoms with Gasteiger partial charge in [-0.25, -0.2) is 0 Å². The molecule has 0 bridgehead atoms. The van der Waals surface area contributed by atoms with Crippen LogP contribution in [0.4, 0.5) is 0 Å². The van der Waals surface area contributed by atoms with E-state index in [1.807, 2.05) is 12.1 Å². The van der Waals surface area contributed by atoms with Crippen molar-refractivity contribution in [3.63, 3.8) is 0 Å². The van der Waals surface area contributed by atoms with Gasteiger partial charge >= 0.3 is 0 Å². The van der Waals surface area contributed by atoms with E-state index in [4.69, 9.17) is 9.47 Å². The van der Waals surface area contributed by atoms with Gasteiger partial charge in [-0.1, -0.05) is 121 Å². The largest absolute Gasteiger partial charge is 0.507 e. The van der Waals surface area contributed by atoms with E-state index in [0.717, 1.165) is 19.3 Å². The summed E-state index contributed by atoms with van der Waals surface area (Å²) in [5.74, 6) is -0.311. The number of hydrogen-bond acceptors (Lipinski definition) is 5. The van der Waals surface area contributed by atoms with Crippen LogP contribution in [-0.4, -0.2) is 42.5 Å². The Hall–Kier alpha value is -3.28. The van der Waals surface area contributed by atoms with Gasteiger partial charge in [0.05, 0.1) is 25.8 Å². The smallest absolute Gasteiger partial charge is 0.295 e. The van der Waals surface area contributed by atoms with E-state index in [0.29, 0.717) is 29.2 Å². The quantitative estimate of drug-likeness (QED) is 0.0801. The highest BCUT2D eigenvalue weighted by molar-refractivity contribution is 6.46. The highest BCUT2D eigenvalue weighted by Crippen LogP contribution is 2.43. The first kappa shape index (κ1) is 32.2. The van der Waals surface area contributed by atoms with E-state index in [9.17, 15) is 14.7 Å². The van der Waals surface area contributed by atoms with Gasteiger partial charge in [0.2, 0.25) is 0 Å². The van der Waals surface area contributed by atoms with E-state index in [1.54, 1.807) is 55.5 Å². The lowest BCUT2D eigenvalue weighted by Gasteiger charge is -2.27. The lowest BCUT2D eigenvalue weighted by atomic mass is 9.94. The maximum atomic E-state index is 13.3. The molecule has 2 aromatic carbocycles. The number of Topliss-reactive ketones (excluding diaryl/α,β-unsaturated/α-hetero) is 1. The number of likely N-dealkylation sites (tertiary alicyclic amines) is 1.